The van der Waals surface area contributed by atoms with Crippen LogP contribution in [0.5, 0.6) is 5.75 Å². The van der Waals surface area contributed by atoms with E-state index >= 15 is 0 Å². The van der Waals surface area contributed by atoms with Gasteiger partial charge in [0.25, 0.3) is 0 Å². The molecule has 0 aliphatic carbocycles. The molecule has 1 amide bonds. The number of nitrogens with zero attached hydrogens (tertiary/aromatic N) is 1. The molecule has 3 heterocycles. The van der Waals surface area contributed by atoms with Crippen molar-refractivity contribution in [3.8, 4) is 5.75 Å². The standard InChI is InChI=1S/C29H34ClN3O4/c1-19-18-37-25-8-3-2-6-20(25)7-4-5-11-29(28(36)31-19)12-14-33(15-13-29)17-23-22-10-9-21(30)16-24(22)32-26(23)27(34)35/h2-3,6,8-10,16,19,32H,4-5,7,11-15,17-18H2,1H3,(H,31,36)(H,34,35)/t19-/m1/s1. The Hall–Kier alpha value is -3.03. The van der Waals surface area contributed by atoms with Crippen molar-refractivity contribution in [1.29, 1.82) is 0 Å². The molecule has 0 bridgehead atoms. The number of aromatic nitrogens is 1. The van der Waals surface area contributed by atoms with E-state index in [0.29, 0.717) is 18.2 Å². The first-order valence-corrected chi connectivity index (χ1v) is 13.5. The zero-order valence-electron chi connectivity index (χ0n) is 21.2. The lowest BCUT2D eigenvalue weighted by Gasteiger charge is -2.41. The van der Waals surface area contributed by atoms with Gasteiger partial charge in [0.15, 0.2) is 0 Å². The maximum absolute atomic E-state index is 13.6. The van der Waals surface area contributed by atoms with Crippen LogP contribution in [-0.4, -0.2) is 52.6 Å². The summed E-state index contributed by atoms with van der Waals surface area (Å²) >= 11 is 6.13. The molecule has 2 aromatic carbocycles. The van der Waals surface area contributed by atoms with Gasteiger partial charge in [-0.15, -0.1) is 0 Å². The second-order valence-electron chi connectivity index (χ2n) is 10.5. The van der Waals surface area contributed by atoms with Gasteiger partial charge in [-0.05, 0) is 75.9 Å². The average molecular weight is 524 g/mol. The van der Waals surface area contributed by atoms with Crippen molar-refractivity contribution >= 4 is 34.4 Å². The molecule has 37 heavy (non-hydrogen) atoms. The molecule has 2 aliphatic rings. The molecule has 1 fully saturated rings. The van der Waals surface area contributed by atoms with Crippen LogP contribution < -0.4 is 10.1 Å². The van der Waals surface area contributed by atoms with Crippen molar-refractivity contribution in [2.45, 2.75) is 58.0 Å². The van der Waals surface area contributed by atoms with Crippen molar-refractivity contribution < 1.29 is 19.4 Å². The van der Waals surface area contributed by atoms with Crippen LogP contribution in [0.15, 0.2) is 42.5 Å². The van der Waals surface area contributed by atoms with Gasteiger partial charge in [0.1, 0.15) is 18.1 Å². The predicted octanol–water partition coefficient (Wildman–Crippen LogP) is 5.41. The van der Waals surface area contributed by atoms with Gasteiger partial charge in [-0.25, -0.2) is 4.79 Å². The monoisotopic (exact) mass is 523 g/mol. The summed E-state index contributed by atoms with van der Waals surface area (Å²) in [5.41, 5.74) is 2.51. The number of carboxylic acid groups (broad SMARTS) is 1. The minimum atomic E-state index is -0.979. The maximum atomic E-state index is 13.6. The van der Waals surface area contributed by atoms with Gasteiger partial charge >= 0.3 is 5.97 Å². The summed E-state index contributed by atoms with van der Waals surface area (Å²) in [7, 11) is 0. The molecule has 1 saturated heterocycles. The first kappa shape index (κ1) is 25.6. The van der Waals surface area contributed by atoms with Gasteiger partial charge in [-0.1, -0.05) is 42.3 Å². The smallest absolute Gasteiger partial charge is 0.352 e. The van der Waals surface area contributed by atoms with E-state index in [-0.39, 0.29) is 17.6 Å². The lowest BCUT2D eigenvalue weighted by atomic mass is 9.73. The predicted molar refractivity (Wildman–Crippen MR) is 144 cm³/mol. The van der Waals surface area contributed by atoms with E-state index in [4.69, 9.17) is 16.3 Å². The molecule has 0 unspecified atom stereocenters. The summed E-state index contributed by atoms with van der Waals surface area (Å²) in [5, 5.41) is 14.5. The van der Waals surface area contributed by atoms with E-state index in [2.05, 4.69) is 27.3 Å². The molecule has 7 nitrogen and oxygen atoms in total. The van der Waals surface area contributed by atoms with Gasteiger partial charge < -0.3 is 20.1 Å². The van der Waals surface area contributed by atoms with Crippen LogP contribution in [0.4, 0.5) is 0 Å². The summed E-state index contributed by atoms with van der Waals surface area (Å²) < 4.78 is 6.06. The second-order valence-corrected chi connectivity index (χ2v) is 11.0. The third-order valence-corrected chi connectivity index (χ3v) is 8.18. The number of halogens is 1. The summed E-state index contributed by atoms with van der Waals surface area (Å²) in [4.78, 5) is 30.8. The Morgan fingerprint density at radius 1 is 1.16 bits per heavy atom. The number of benzene rings is 2. The molecule has 196 valence electrons. The number of aryl methyl sites for hydroxylation is 1. The molecule has 1 atom stereocenters. The molecule has 1 spiro atoms. The Balaban J connectivity index is 1.30. The number of fused-ring (bicyclic) bond motifs is 2. The number of piperidine rings is 1. The third kappa shape index (κ3) is 5.48. The van der Waals surface area contributed by atoms with Crippen LogP contribution in [0.3, 0.4) is 0 Å². The number of hydrogen-bond acceptors (Lipinski definition) is 4. The van der Waals surface area contributed by atoms with E-state index < -0.39 is 11.4 Å². The Bertz CT molecular complexity index is 1300. The normalized spacial score (nSPS) is 20.9. The van der Waals surface area contributed by atoms with Crippen LogP contribution in [0.25, 0.3) is 10.9 Å². The molecule has 0 radical (unpaired) electrons. The minimum absolute atomic E-state index is 0.0916. The van der Waals surface area contributed by atoms with E-state index in [0.717, 1.165) is 73.8 Å². The number of aromatic carboxylic acids is 1. The zero-order chi connectivity index (χ0) is 26.0. The van der Waals surface area contributed by atoms with E-state index in [9.17, 15) is 14.7 Å². The molecular weight excluding hydrogens is 490 g/mol. The lowest BCUT2D eigenvalue weighted by molar-refractivity contribution is -0.135. The fourth-order valence-electron chi connectivity index (χ4n) is 5.79. The van der Waals surface area contributed by atoms with Gasteiger partial charge in [-0.3, -0.25) is 9.69 Å². The van der Waals surface area contributed by atoms with Crippen LogP contribution >= 0.6 is 11.6 Å². The Labute approximate surface area is 222 Å². The molecule has 5 rings (SSSR count). The summed E-state index contributed by atoms with van der Waals surface area (Å²) in [6, 6.07) is 13.5. The lowest BCUT2D eigenvalue weighted by Crippen LogP contribution is -2.51. The number of hydrogen-bond donors (Lipinski definition) is 3. The highest BCUT2D eigenvalue weighted by atomic mass is 35.5. The Morgan fingerprint density at radius 3 is 2.73 bits per heavy atom. The number of rotatable bonds is 3. The fourth-order valence-corrected chi connectivity index (χ4v) is 5.96. The Kier molecular flexibility index (Phi) is 7.45. The highest BCUT2D eigenvalue weighted by molar-refractivity contribution is 6.31. The van der Waals surface area contributed by atoms with Crippen LogP contribution in [0.1, 0.15) is 60.6 Å². The number of likely N-dealkylation sites (tertiary alicyclic amines) is 1. The Morgan fingerprint density at radius 2 is 1.95 bits per heavy atom. The number of carboxylic acids is 1. The molecule has 8 heteroatoms. The van der Waals surface area contributed by atoms with Crippen molar-refractivity contribution in [2.75, 3.05) is 19.7 Å². The van der Waals surface area contributed by atoms with E-state index in [1.165, 1.54) is 5.56 Å². The minimum Gasteiger partial charge on any atom is -0.491 e. The zero-order valence-corrected chi connectivity index (χ0v) is 21.9. The van der Waals surface area contributed by atoms with Crippen LogP contribution in [-0.2, 0) is 17.8 Å². The number of nitrogens with one attached hydrogen (secondary N) is 2. The van der Waals surface area contributed by atoms with Gasteiger partial charge in [0, 0.05) is 28.0 Å². The van der Waals surface area contributed by atoms with Gasteiger partial charge in [0.05, 0.1) is 11.5 Å². The quantitative estimate of drug-likeness (QED) is 0.426. The fraction of sp³-hybridized carbons (Fsp3) is 0.448. The van der Waals surface area contributed by atoms with Crippen molar-refractivity contribution in [3.05, 3.63) is 64.3 Å². The first-order chi connectivity index (χ1) is 17.8. The molecular formula is C29H34ClN3O4. The third-order valence-electron chi connectivity index (χ3n) is 7.95. The molecule has 3 N–H and O–H groups in total. The molecule has 3 aromatic rings. The van der Waals surface area contributed by atoms with Crippen LogP contribution in [0.2, 0.25) is 5.02 Å². The average Bonchev–Trinajstić information content (AvgIpc) is 3.24. The summed E-state index contributed by atoms with van der Waals surface area (Å²) in [6.07, 6.45) is 5.28. The van der Waals surface area contributed by atoms with Crippen molar-refractivity contribution in [2.24, 2.45) is 5.41 Å². The molecule has 1 aromatic heterocycles. The van der Waals surface area contributed by atoms with E-state index in [1.807, 2.05) is 25.1 Å². The van der Waals surface area contributed by atoms with Gasteiger partial charge in [-0.2, -0.15) is 0 Å². The largest absolute Gasteiger partial charge is 0.491 e. The number of carbonyl (C=O) groups excluding carboxylic acids is 1. The van der Waals surface area contributed by atoms with Crippen molar-refractivity contribution in [1.82, 2.24) is 15.2 Å². The number of carbonyl (C=O) groups is 2. The highest BCUT2D eigenvalue weighted by Gasteiger charge is 2.41. The topological polar surface area (TPSA) is 94.7 Å². The first-order valence-electron chi connectivity index (χ1n) is 13.1. The van der Waals surface area contributed by atoms with Crippen molar-refractivity contribution in [3.63, 3.8) is 0 Å². The number of ether oxygens (including phenoxy) is 1. The van der Waals surface area contributed by atoms with Gasteiger partial charge in [0.2, 0.25) is 5.91 Å². The van der Waals surface area contributed by atoms with E-state index in [1.54, 1.807) is 12.1 Å². The molecule has 0 saturated carbocycles. The molecule has 2 aliphatic heterocycles. The summed E-state index contributed by atoms with van der Waals surface area (Å²) in [6.45, 7) is 4.42. The maximum Gasteiger partial charge on any atom is 0.352 e. The number of H-pyrrole nitrogens is 1. The number of aromatic amines is 1. The number of para-hydroxylation sites is 1. The summed E-state index contributed by atoms with van der Waals surface area (Å²) in [5.74, 6) is 0.0461. The highest BCUT2D eigenvalue weighted by Crippen LogP contribution is 2.39. The number of amides is 1. The SMILES string of the molecule is C[C@@H]1COc2ccccc2CCCCC2(CCN(Cc3c(C(=O)O)[nH]c4cc(Cl)ccc34)CC2)C(=O)N1. The second kappa shape index (κ2) is 10.8. The van der Waals surface area contributed by atoms with Crippen LogP contribution in [0, 0.1) is 5.41 Å².